The number of thiophene rings is 1. The number of fused-ring (bicyclic) bond motifs is 1. The molecule has 1 heterocycles. The monoisotopic (exact) mass is 315 g/mol. The second-order valence-electron chi connectivity index (χ2n) is 5.32. The SMILES string of the molecule is Cc1ccccc1NC(=O)Nc1sc2c(c1C(N)=O)CCC2. The first kappa shape index (κ1) is 14.6. The van der Waals surface area contributed by atoms with E-state index in [-0.39, 0.29) is 6.03 Å². The maximum absolute atomic E-state index is 12.2. The van der Waals surface area contributed by atoms with E-state index in [4.69, 9.17) is 5.73 Å². The van der Waals surface area contributed by atoms with E-state index in [0.29, 0.717) is 10.6 Å². The lowest BCUT2D eigenvalue weighted by atomic mass is 10.1. The van der Waals surface area contributed by atoms with Crippen LogP contribution in [0.15, 0.2) is 24.3 Å². The quantitative estimate of drug-likeness (QED) is 0.812. The second kappa shape index (κ2) is 5.81. The fourth-order valence-corrected chi connectivity index (χ4v) is 4.01. The molecule has 2 aromatic rings. The Bertz CT molecular complexity index is 752. The van der Waals surface area contributed by atoms with Crippen molar-refractivity contribution in [3.63, 3.8) is 0 Å². The zero-order valence-electron chi connectivity index (χ0n) is 12.2. The van der Waals surface area contributed by atoms with Crippen LogP contribution in [0.4, 0.5) is 15.5 Å². The Kier molecular flexibility index (Phi) is 3.85. The average molecular weight is 315 g/mol. The molecule has 1 aliphatic rings. The molecule has 5 nitrogen and oxygen atoms in total. The van der Waals surface area contributed by atoms with Gasteiger partial charge in [0.25, 0.3) is 5.91 Å². The first-order valence-corrected chi connectivity index (χ1v) is 7.96. The summed E-state index contributed by atoms with van der Waals surface area (Å²) < 4.78 is 0. The van der Waals surface area contributed by atoms with Crippen molar-refractivity contribution >= 4 is 34.0 Å². The molecule has 114 valence electrons. The van der Waals surface area contributed by atoms with E-state index >= 15 is 0 Å². The molecule has 0 saturated heterocycles. The van der Waals surface area contributed by atoms with E-state index in [1.165, 1.54) is 11.3 Å². The highest BCUT2D eigenvalue weighted by Gasteiger charge is 2.26. The van der Waals surface area contributed by atoms with Crippen LogP contribution < -0.4 is 16.4 Å². The minimum absolute atomic E-state index is 0.364. The minimum Gasteiger partial charge on any atom is -0.365 e. The van der Waals surface area contributed by atoms with Crippen LogP contribution in [0.1, 0.15) is 32.8 Å². The van der Waals surface area contributed by atoms with Crippen LogP contribution in [-0.4, -0.2) is 11.9 Å². The lowest BCUT2D eigenvalue weighted by Gasteiger charge is -2.09. The standard InChI is InChI=1S/C16H17N3O2S/c1-9-5-2-3-7-11(9)18-16(21)19-15-13(14(17)20)10-6-4-8-12(10)22-15/h2-3,5,7H,4,6,8H2,1H3,(H2,17,20)(H2,18,19,21). The Morgan fingerprint density at radius 3 is 2.68 bits per heavy atom. The molecule has 6 heteroatoms. The van der Waals surface area contributed by atoms with Gasteiger partial charge in [-0.25, -0.2) is 4.79 Å². The Morgan fingerprint density at radius 1 is 1.18 bits per heavy atom. The summed E-state index contributed by atoms with van der Waals surface area (Å²) >= 11 is 1.45. The Morgan fingerprint density at radius 2 is 1.95 bits per heavy atom. The van der Waals surface area contributed by atoms with Crippen molar-refractivity contribution in [2.24, 2.45) is 5.73 Å². The lowest BCUT2D eigenvalue weighted by Crippen LogP contribution is -2.22. The highest BCUT2D eigenvalue weighted by molar-refractivity contribution is 7.17. The fourth-order valence-electron chi connectivity index (χ4n) is 2.72. The van der Waals surface area contributed by atoms with Crippen LogP contribution in [0.25, 0.3) is 0 Å². The van der Waals surface area contributed by atoms with Gasteiger partial charge in [-0.15, -0.1) is 11.3 Å². The van der Waals surface area contributed by atoms with Crippen LogP contribution in [-0.2, 0) is 12.8 Å². The highest BCUT2D eigenvalue weighted by atomic mass is 32.1. The predicted molar refractivity (Wildman–Crippen MR) is 88.7 cm³/mol. The topological polar surface area (TPSA) is 84.2 Å². The average Bonchev–Trinajstić information content (AvgIpc) is 3.01. The molecular formula is C16H17N3O2S. The molecule has 0 atom stereocenters. The lowest BCUT2D eigenvalue weighted by molar-refractivity contribution is 0.100. The van der Waals surface area contributed by atoms with Crippen molar-refractivity contribution in [1.29, 1.82) is 0 Å². The van der Waals surface area contributed by atoms with E-state index in [1.54, 1.807) is 0 Å². The molecular weight excluding hydrogens is 298 g/mol. The number of nitrogens with one attached hydrogen (secondary N) is 2. The largest absolute Gasteiger partial charge is 0.365 e. The summed E-state index contributed by atoms with van der Waals surface area (Å²) in [4.78, 5) is 25.0. The molecule has 1 aromatic carbocycles. The maximum atomic E-state index is 12.2. The summed E-state index contributed by atoms with van der Waals surface area (Å²) in [5, 5.41) is 6.10. The first-order valence-electron chi connectivity index (χ1n) is 7.14. The predicted octanol–water partition coefficient (Wildman–Crippen LogP) is 3.29. The van der Waals surface area contributed by atoms with Crippen LogP contribution in [0.5, 0.6) is 0 Å². The third-order valence-electron chi connectivity index (χ3n) is 3.79. The number of primary amides is 1. The smallest absolute Gasteiger partial charge is 0.324 e. The zero-order chi connectivity index (χ0) is 15.7. The van der Waals surface area contributed by atoms with Crippen molar-refractivity contribution in [3.05, 3.63) is 45.8 Å². The van der Waals surface area contributed by atoms with Crippen LogP contribution >= 0.6 is 11.3 Å². The van der Waals surface area contributed by atoms with Gasteiger partial charge < -0.3 is 11.1 Å². The summed E-state index contributed by atoms with van der Waals surface area (Å²) in [5.41, 5.74) is 8.67. The van der Waals surface area contributed by atoms with Crippen molar-refractivity contribution in [3.8, 4) is 0 Å². The molecule has 3 rings (SSSR count). The number of hydrogen-bond acceptors (Lipinski definition) is 3. The number of nitrogens with two attached hydrogens (primary N) is 1. The van der Waals surface area contributed by atoms with Gasteiger partial charge in [0.1, 0.15) is 5.00 Å². The Balaban J connectivity index is 1.80. The zero-order valence-corrected chi connectivity index (χ0v) is 13.0. The van der Waals surface area contributed by atoms with Crippen LogP contribution in [0.3, 0.4) is 0 Å². The van der Waals surface area contributed by atoms with Gasteiger partial charge in [-0.2, -0.15) is 0 Å². The number of anilines is 2. The van der Waals surface area contributed by atoms with E-state index < -0.39 is 5.91 Å². The van der Waals surface area contributed by atoms with E-state index in [2.05, 4.69) is 10.6 Å². The summed E-state index contributed by atoms with van der Waals surface area (Å²) in [6.07, 6.45) is 2.84. The van der Waals surface area contributed by atoms with Gasteiger partial charge in [-0.1, -0.05) is 18.2 Å². The van der Waals surface area contributed by atoms with Gasteiger partial charge in [0, 0.05) is 10.6 Å². The number of hydrogen-bond donors (Lipinski definition) is 3. The normalized spacial score (nSPS) is 12.8. The van der Waals surface area contributed by atoms with Crippen LogP contribution in [0, 0.1) is 6.92 Å². The number of benzene rings is 1. The molecule has 0 radical (unpaired) electrons. The third kappa shape index (κ3) is 2.69. The third-order valence-corrected chi connectivity index (χ3v) is 5.00. The van der Waals surface area contributed by atoms with Crippen molar-refractivity contribution < 1.29 is 9.59 Å². The maximum Gasteiger partial charge on any atom is 0.324 e. The van der Waals surface area contributed by atoms with Gasteiger partial charge in [0.05, 0.1) is 5.56 Å². The van der Waals surface area contributed by atoms with E-state index in [0.717, 1.165) is 41.0 Å². The molecule has 3 amide bonds. The van der Waals surface area contributed by atoms with Gasteiger partial charge >= 0.3 is 6.03 Å². The molecule has 1 aliphatic carbocycles. The number of aryl methyl sites for hydroxylation is 2. The number of amides is 3. The Hall–Kier alpha value is -2.34. The number of carbonyl (C=O) groups excluding carboxylic acids is 2. The van der Waals surface area contributed by atoms with Crippen molar-refractivity contribution in [2.45, 2.75) is 26.2 Å². The molecule has 4 N–H and O–H groups in total. The summed E-state index contributed by atoms with van der Waals surface area (Å²) in [7, 11) is 0. The molecule has 22 heavy (non-hydrogen) atoms. The molecule has 1 aromatic heterocycles. The molecule has 0 spiro atoms. The van der Waals surface area contributed by atoms with Crippen molar-refractivity contribution in [2.75, 3.05) is 10.6 Å². The molecule has 0 bridgehead atoms. The van der Waals surface area contributed by atoms with Gasteiger partial charge in [-0.3, -0.25) is 10.1 Å². The van der Waals surface area contributed by atoms with Gasteiger partial charge in [-0.05, 0) is 43.4 Å². The molecule has 0 unspecified atom stereocenters. The van der Waals surface area contributed by atoms with Crippen LogP contribution in [0.2, 0.25) is 0 Å². The number of para-hydroxylation sites is 1. The number of rotatable bonds is 3. The molecule has 0 saturated carbocycles. The fraction of sp³-hybridized carbons (Fsp3) is 0.250. The summed E-state index contributed by atoms with van der Waals surface area (Å²) in [6, 6.07) is 7.16. The van der Waals surface area contributed by atoms with E-state index in [1.807, 2.05) is 31.2 Å². The summed E-state index contributed by atoms with van der Waals surface area (Å²) in [6.45, 7) is 1.92. The molecule has 0 fully saturated rings. The highest BCUT2D eigenvalue weighted by Crippen LogP contribution is 2.38. The van der Waals surface area contributed by atoms with E-state index in [9.17, 15) is 9.59 Å². The summed E-state index contributed by atoms with van der Waals surface area (Å²) in [5.74, 6) is -0.481. The first-order chi connectivity index (χ1) is 10.6. The second-order valence-corrected chi connectivity index (χ2v) is 6.42. The molecule has 0 aliphatic heterocycles. The minimum atomic E-state index is -0.481. The van der Waals surface area contributed by atoms with Gasteiger partial charge in [0.15, 0.2) is 0 Å². The van der Waals surface area contributed by atoms with Crippen molar-refractivity contribution in [1.82, 2.24) is 0 Å². The number of carbonyl (C=O) groups is 2. The Labute approximate surface area is 132 Å². The van der Waals surface area contributed by atoms with Gasteiger partial charge in [0.2, 0.25) is 0 Å². The number of urea groups is 1.